The minimum absolute atomic E-state index is 0.447. The molecule has 3 heterocycles. The van der Waals surface area contributed by atoms with Gasteiger partial charge in [-0.05, 0) is 18.2 Å². The number of hydrogen-bond donors (Lipinski definition) is 2. The van der Waals surface area contributed by atoms with E-state index in [1.165, 1.54) is 0 Å². The van der Waals surface area contributed by atoms with E-state index in [-0.39, 0.29) is 0 Å². The Morgan fingerprint density at radius 3 is 2.67 bits per heavy atom. The highest BCUT2D eigenvalue weighted by molar-refractivity contribution is 5.37. The monoisotopic (exact) mass is 282 g/mol. The zero-order valence-electron chi connectivity index (χ0n) is 11.4. The number of rotatable bonds is 5. The molecule has 3 aromatic rings. The van der Waals surface area contributed by atoms with Crippen LogP contribution < -0.4 is 10.6 Å². The molecule has 8 heteroatoms. The Morgan fingerprint density at radius 2 is 1.95 bits per heavy atom. The van der Waals surface area contributed by atoms with Crippen molar-refractivity contribution in [3.63, 3.8) is 0 Å². The van der Waals surface area contributed by atoms with Gasteiger partial charge in [0.05, 0.1) is 12.2 Å². The summed E-state index contributed by atoms with van der Waals surface area (Å²) >= 11 is 0. The molecule has 0 bridgehead atoms. The fraction of sp³-hybridized carbons (Fsp3) is 0.154. The van der Waals surface area contributed by atoms with Crippen LogP contribution in [0.5, 0.6) is 0 Å². The summed E-state index contributed by atoms with van der Waals surface area (Å²) in [7, 11) is 1.75. The Hall–Kier alpha value is -3.03. The molecule has 0 aromatic carbocycles. The summed E-state index contributed by atoms with van der Waals surface area (Å²) in [5, 5.41) is 10.2. The van der Waals surface area contributed by atoms with Crippen molar-refractivity contribution in [3.8, 4) is 5.95 Å². The first kappa shape index (κ1) is 13.0. The van der Waals surface area contributed by atoms with Gasteiger partial charge in [-0.1, -0.05) is 6.07 Å². The van der Waals surface area contributed by atoms with Crippen molar-refractivity contribution in [1.82, 2.24) is 29.7 Å². The van der Waals surface area contributed by atoms with Crippen LogP contribution in [0.25, 0.3) is 5.95 Å². The molecular weight excluding hydrogens is 268 g/mol. The maximum absolute atomic E-state index is 4.34. The summed E-state index contributed by atoms with van der Waals surface area (Å²) in [6.07, 6.45) is 5.19. The molecule has 0 spiro atoms. The summed E-state index contributed by atoms with van der Waals surface area (Å²) < 4.78 is 1.58. The third kappa shape index (κ3) is 3.11. The number of pyridine rings is 1. The van der Waals surface area contributed by atoms with Crippen LogP contribution in [-0.4, -0.2) is 36.8 Å². The number of aromatic nitrogens is 6. The van der Waals surface area contributed by atoms with E-state index in [2.05, 4.69) is 35.7 Å². The molecular formula is C13H14N8. The Bertz CT molecular complexity index is 695. The fourth-order valence-corrected chi connectivity index (χ4v) is 1.72. The second-order valence-electron chi connectivity index (χ2n) is 4.16. The first-order valence-corrected chi connectivity index (χ1v) is 6.43. The summed E-state index contributed by atoms with van der Waals surface area (Å²) in [5.74, 6) is 1.38. The average molecular weight is 282 g/mol. The van der Waals surface area contributed by atoms with Crippen LogP contribution in [0.3, 0.4) is 0 Å². The maximum Gasteiger partial charge on any atom is 0.257 e. The molecule has 0 aliphatic rings. The maximum atomic E-state index is 4.34. The lowest BCUT2D eigenvalue weighted by molar-refractivity contribution is 0.796. The fourth-order valence-electron chi connectivity index (χ4n) is 1.72. The SMILES string of the molecule is CNc1nc(NCc2ccccn2)nc(-n2cccn2)n1. The summed E-state index contributed by atoms with van der Waals surface area (Å²) in [4.78, 5) is 17.1. The van der Waals surface area contributed by atoms with Crippen molar-refractivity contribution >= 4 is 11.9 Å². The predicted molar refractivity (Wildman–Crippen MR) is 78.1 cm³/mol. The quantitative estimate of drug-likeness (QED) is 0.723. The van der Waals surface area contributed by atoms with Crippen molar-refractivity contribution in [1.29, 1.82) is 0 Å². The summed E-state index contributed by atoms with van der Waals surface area (Å²) in [6, 6.07) is 7.55. The van der Waals surface area contributed by atoms with Crippen LogP contribution in [0.2, 0.25) is 0 Å². The lowest BCUT2D eigenvalue weighted by atomic mass is 10.3. The van der Waals surface area contributed by atoms with Gasteiger partial charge in [0.2, 0.25) is 11.9 Å². The molecule has 106 valence electrons. The van der Waals surface area contributed by atoms with Gasteiger partial charge in [-0.3, -0.25) is 4.98 Å². The van der Waals surface area contributed by atoms with Gasteiger partial charge in [-0.2, -0.15) is 20.1 Å². The van der Waals surface area contributed by atoms with Crippen molar-refractivity contribution in [2.45, 2.75) is 6.54 Å². The standard InChI is InChI=1S/C13H14N8/c1-14-11-18-12(16-9-10-5-2-3-6-15-10)20-13(19-11)21-8-4-7-17-21/h2-8H,9H2,1H3,(H2,14,16,18,19,20). The molecule has 0 saturated heterocycles. The zero-order chi connectivity index (χ0) is 14.5. The van der Waals surface area contributed by atoms with Gasteiger partial charge in [-0.15, -0.1) is 0 Å². The van der Waals surface area contributed by atoms with Gasteiger partial charge in [-0.25, -0.2) is 4.68 Å². The molecule has 0 unspecified atom stereocenters. The molecule has 0 amide bonds. The van der Waals surface area contributed by atoms with Gasteiger partial charge in [0.25, 0.3) is 5.95 Å². The molecule has 0 radical (unpaired) electrons. The van der Waals surface area contributed by atoms with Gasteiger partial charge >= 0.3 is 0 Å². The van der Waals surface area contributed by atoms with Gasteiger partial charge in [0.15, 0.2) is 0 Å². The van der Waals surface area contributed by atoms with Crippen LogP contribution in [0, 0.1) is 0 Å². The molecule has 3 aromatic heterocycles. The first-order chi connectivity index (χ1) is 10.3. The lowest BCUT2D eigenvalue weighted by Crippen LogP contribution is -2.11. The van der Waals surface area contributed by atoms with Gasteiger partial charge < -0.3 is 10.6 Å². The number of anilines is 2. The molecule has 2 N–H and O–H groups in total. The minimum atomic E-state index is 0.447. The number of hydrogen-bond acceptors (Lipinski definition) is 7. The van der Waals surface area contributed by atoms with Crippen molar-refractivity contribution < 1.29 is 0 Å². The van der Waals surface area contributed by atoms with E-state index < -0.39 is 0 Å². The third-order valence-electron chi connectivity index (χ3n) is 2.71. The van der Waals surface area contributed by atoms with Crippen LogP contribution in [0.4, 0.5) is 11.9 Å². The Kier molecular flexibility index (Phi) is 3.68. The van der Waals surface area contributed by atoms with E-state index in [0.29, 0.717) is 24.4 Å². The van der Waals surface area contributed by atoms with Crippen LogP contribution in [-0.2, 0) is 6.54 Å². The Balaban J connectivity index is 1.83. The van der Waals surface area contributed by atoms with Crippen LogP contribution >= 0.6 is 0 Å². The predicted octanol–water partition coefficient (Wildman–Crippen LogP) is 1.11. The second kappa shape index (κ2) is 5.95. The van der Waals surface area contributed by atoms with E-state index in [9.17, 15) is 0 Å². The normalized spacial score (nSPS) is 10.3. The first-order valence-electron chi connectivity index (χ1n) is 6.43. The number of nitrogens with zero attached hydrogens (tertiary/aromatic N) is 6. The second-order valence-corrected chi connectivity index (χ2v) is 4.16. The molecule has 0 saturated carbocycles. The Labute approximate surface area is 121 Å². The largest absolute Gasteiger partial charge is 0.357 e. The van der Waals surface area contributed by atoms with Crippen LogP contribution in [0.1, 0.15) is 5.69 Å². The highest BCUT2D eigenvalue weighted by Gasteiger charge is 2.07. The van der Waals surface area contributed by atoms with E-state index in [1.807, 2.05) is 24.3 Å². The van der Waals surface area contributed by atoms with Crippen LogP contribution in [0.15, 0.2) is 42.9 Å². The Morgan fingerprint density at radius 1 is 1.05 bits per heavy atom. The minimum Gasteiger partial charge on any atom is -0.357 e. The lowest BCUT2D eigenvalue weighted by Gasteiger charge is -2.08. The van der Waals surface area contributed by atoms with Gasteiger partial charge in [0, 0.05) is 25.6 Å². The van der Waals surface area contributed by atoms with E-state index in [0.717, 1.165) is 5.69 Å². The van der Waals surface area contributed by atoms with E-state index in [1.54, 1.807) is 30.3 Å². The number of nitrogens with one attached hydrogen (secondary N) is 2. The third-order valence-corrected chi connectivity index (χ3v) is 2.71. The van der Waals surface area contributed by atoms with Crippen molar-refractivity contribution in [2.24, 2.45) is 0 Å². The molecule has 21 heavy (non-hydrogen) atoms. The van der Waals surface area contributed by atoms with Crippen molar-refractivity contribution in [2.75, 3.05) is 17.7 Å². The highest BCUT2D eigenvalue weighted by atomic mass is 15.4. The molecule has 3 rings (SSSR count). The zero-order valence-corrected chi connectivity index (χ0v) is 11.4. The highest BCUT2D eigenvalue weighted by Crippen LogP contribution is 2.09. The van der Waals surface area contributed by atoms with E-state index >= 15 is 0 Å². The average Bonchev–Trinajstić information content (AvgIpc) is 3.08. The summed E-state index contributed by atoms with van der Waals surface area (Å²) in [6.45, 7) is 0.534. The molecule has 0 fully saturated rings. The summed E-state index contributed by atoms with van der Waals surface area (Å²) in [5.41, 5.74) is 0.907. The van der Waals surface area contributed by atoms with E-state index in [4.69, 9.17) is 0 Å². The van der Waals surface area contributed by atoms with Gasteiger partial charge in [0.1, 0.15) is 0 Å². The molecule has 0 aliphatic heterocycles. The molecule has 0 aliphatic carbocycles. The topological polar surface area (TPSA) is 93.4 Å². The van der Waals surface area contributed by atoms with Crippen molar-refractivity contribution in [3.05, 3.63) is 48.5 Å². The molecule has 0 atom stereocenters. The molecule has 8 nitrogen and oxygen atoms in total. The smallest absolute Gasteiger partial charge is 0.257 e.